The molecule has 1 amide bonds. The van der Waals surface area contributed by atoms with Crippen molar-refractivity contribution < 1.29 is 14.7 Å². The van der Waals surface area contributed by atoms with Gasteiger partial charge in [0.05, 0.1) is 0 Å². The third-order valence-corrected chi connectivity index (χ3v) is 2.65. The SMILES string of the molecule is CCC(CC)CN(CCCC=O)C(=O)O. The standard InChI is InChI=1S/C11H21NO3/c1-3-10(4-2)9-12(11(14)15)7-5-6-8-13/h8,10H,3-7,9H2,1-2H3,(H,14,15). The zero-order chi connectivity index (χ0) is 11.7. The Morgan fingerprint density at radius 2 is 2.00 bits per heavy atom. The lowest BCUT2D eigenvalue weighted by Gasteiger charge is -2.23. The van der Waals surface area contributed by atoms with E-state index >= 15 is 0 Å². The van der Waals surface area contributed by atoms with Crippen LogP contribution in [0.3, 0.4) is 0 Å². The molecule has 0 heterocycles. The highest BCUT2D eigenvalue weighted by molar-refractivity contribution is 5.65. The van der Waals surface area contributed by atoms with Gasteiger partial charge in [0.25, 0.3) is 0 Å². The van der Waals surface area contributed by atoms with Crippen LogP contribution in [0.2, 0.25) is 0 Å². The van der Waals surface area contributed by atoms with Crippen molar-refractivity contribution in [3.05, 3.63) is 0 Å². The maximum Gasteiger partial charge on any atom is 0.407 e. The van der Waals surface area contributed by atoms with Crippen molar-refractivity contribution in [1.82, 2.24) is 4.90 Å². The number of nitrogens with zero attached hydrogens (tertiary/aromatic N) is 1. The quantitative estimate of drug-likeness (QED) is 0.499. The van der Waals surface area contributed by atoms with Gasteiger partial charge < -0.3 is 14.8 Å². The molecule has 0 radical (unpaired) electrons. The predicted molar refractivity (Wildman–Crippen MR) is 59.0 cm³/mol. The molecule has 0 saturated carbocycles. The monoisotopic (exact) mass is 215 g/mol. The molecule has 0 fully saturated rings. The first kappa shape index (κ1) is 13.9. The zero-order valence-corrected chi connectivity index (χ0v) is 9.61. The van der Waals surface area contributed by atoms with Gasteiger partial charge in [-0.25, -0.2) is 4.79 Å². The highest BCUT2D eigenvalue weighted by atomic mass is 16.4. The van der Waals surface area contributed by atoms with Gasteiger partial charge in [-0.1, -0.05) is 26.7 Å². The minimum Gasteiger partial charge on any atom is -0.465 e. The number of carbonyl (C=O) groups excluding carboxylic acids is 1. The number of unbranched alkanes of at least 4 members (excludes halogenated alkanes) is 1. The van der Waals surface area contributed by atoms with E-state index in [1.165, 1.54) is 4.90 Å². The van der Waals surface area contributed by atoms with E-state index in [9.17, 15) is 9.59 Å². The molecule has 0 aromatic rings. The summed E-state index contributed by atoms with van der Waals surface area (Å²) in [6, 6.07) is 0. The predicted octanol–water partition coefficient (Wildman–Crippen LogP) is 2.38. The van der Waals surface area contributed by atoms with Crippen LogP contribution in [0, 0.1) is 5.92 Å². The second kappa shape index (κ2) is 8.26. The molecule has 0 saturated heterocycles. The number of hydrogen-bond donors (Lipinski definition) is 1. The van der Waals surface area contributed by atoms with Gasteiger partial charge in [0.2, 0.25) is 0 Å². The van der Waals surface area contributed by atoms with Crippen molar-refractivity contribution >= 4 is 12.4 Å². The molecule has 0 spiro atoms. The average molecular weight is 215 g/mol. The molecule has 0 aromatic carbocycles. The van der Waals surface area contributed by atoms with E-state index in [1.54, 1.807) is 0 Å². The molecule has 0 aliphatic heterocycles. The molecular formula is C11H21NO3. The summed E-state index contributed by atoms with van der Waals surface area (Å²) in [6.07, 6.45) is 3.00. The minimum atomic E-state index is -0.882. The van der Waals surface area contributed by atoms with E-state index in [1.807, 2.05) is 0 Å². The van der Waals surface area contributed by atoms with E-state index < -0.39 is 6.09 Å². The van der Waals surface area contributed by atoms with Gasteiger partial charge in [0.15, 0.2) is 0 Å². The van der Waals surface area contributed by atoms with Crippen molar-refractivity contribution in [2.24, 2.45) is 5.92 Å². The maximum atomic E-state index is 10.9. The van der Waals surface area contributed by atoms with Crippen LogP contribution >= 0.6 is 0 Å². The first-order chi connectivity index (χ1) is 7.15. The van der Waals surface area contributed by atoms with E-state index in [2.05, 4.69) is 13.8 Å². The maximum absolute atomic E-state index is 10.9. The summed E-state index contributed by atoms with van der Waals surface area (Å²) in [7, 11) is 0. The summed E-state index contributed by atoms with van der Waals surface area (Å²) in [6.45, 7) is 5.19. The van der Waals surface area contributed by atoms with Crippen LogP contribution in [0.1, 0.15) is 39.5 Å². The fraction of sp³-hybridized carbons (Fsp3) is 0.818. The Kier molecular flexibility index (Phi) is 7.68. The molecule has 0 bridgehead atoms. The lowest BCUT2D eigenvalue weighted by Crippen LogP contribution is -2.34. The first-order valence-electron chi connectivity index (χ1n) is 5.57. The fourth-order valence-electron chi connectivity index (χ4n) is 1.49. The van der Waals surface area contributed by atoms with Gasteiger partial charge in [-0.2, -0.15) is 0 Å². The van der Waals surface area contributed by atoms with E-state index in [0.29, 0.717) is 31.8 Å². The van der Waals surface area contributed by atoms with Gasteiger partial charge >= 0.3 is 6.09 Å². The summed E-state index contributed by atoms with van der Waals surface area (Å²) in [5.74, 6) is 0.428. The summed E-state index contributed by atoms with van der Waals surface area (Å²) in [5.41, 5.74) is 0. The third-order valence-electron chi connectivity index (χ3n) is 2.65. The van der Waals surface area contributed by atoms with Crippen LogP contribution in [-0.4, -0.2) is 35.5 Å². The van der Waals surface area contributed by atoms with Crippen LogP contribution < -0.4 is 0 Å². The lowest BCUT2D eigenvalue weighted by atomic mass is 10.0. The molecule has 4 heteroatoms. The normalized spacial score (nSPS) is 10.3. The molecule has 0 aliphatic rings. The Morgan fingerprint density at radius 3 is 2.40 bits per heavy atom. The molecule has 4 nitrogen and oxygen atoms in total. The van der Waals surface area contributed by atoms with Gasteiger partial charge in [-0.15, -0.1) is 0 Å². The summed E-state index contributed by atoms with van der Waals surface area (Å²) in [4.78, 5) is 22.4. The van der Waals surface area contributed by atoms with Crippen LogP contribution in [0.4, 0.5) is 4.79 Å². The average Bonchev–Trinajstić information content (AvgIpc) is 2.23. The molecule has 0 rings (SSSR count). The van der Waals surface area contributed by atoms with Crippen molar-refractivity contribution in [3.8, 4) is 0 Å². The Labute approximate surface area is 91.3 Å². The molecule has 0 unspecified atom stereocenters. The number of carboxylic acid groups (broad SMARTS) is 1. The van der Waals surface area contributed by atoms with Crippen LogP contribution in [-0.2, 0) is 4.79 Å². The summed E-state index contributed by atoms with van der Waals surface area (Å²) >= 11 is 0. The second-order valence-electron chi connectivity index (χ2n) is 3.72. The highest BCUT2D eigenvalue weighted by Crippen LogP contribution is 2.10. The zero-order valence-electron chi connectivity index (χ0n) is 9.61. The molecule has 0 aliphatic carbocycles. The molecule has 0 atom stereocenters. The largest absolute Gasteiger partial charge is 0.465 e. The Bertz CT molecular complexity index is 190. The molecule has 15 heavy (non-hydrogen) atoms. The molecule has 0 aromatic heterocycles. The van der Waals surface area contributed by atoms with Gasteiger partial charge in [0, 0.05) is 19.5 Å². The molecular weight excluding hydrogens is 194 g/mol. The topological polar surface area (TPSA) is 57.6 Å². The Balaban J connectivity index is 4.02. The van der Waals surface area contributed by atoms with Crippen molar-refractivity contribution in [2.75, 3.05) is 13.1 Å². The van der Waals surface area contributed by atoms with E-state index in [-0.39, 0.29) is 0 Å². The van der Waals surface area contributed by atoms with Crippen molar-refractivity contribution in [3.63, 3.8) is 0 Å². The molecule has 1 N–H and O–H groups in total. The first-order valence-corrected chi connectivity index (χ1v) is 5.57. The van der Waals surface area contributed by atoms with Gasteiger partial charge in [0.1, 0.15) is 6.29 Å². The fourth-order valence-corrected chi connectivity index (χ4v) is 1.49. The highest BCUT2D eigenvalue weighted by Gasteiger charge is 2.15. The van der Waals surface area contributed by atoms with Crippen LogP contribution in [0.15, 0.2) is 0 Å². The van der Waals surface area contributed by atoms with E-state index in [4.69, 9.17) is 5.11 Å². The van der Waals surface area contributed by atoms with Crippen LogP contribution in [0.25, 0.3) is 0 Å². The Morgan fingerprint density at radius 1 is 1.40 bits per heavy atom. The number of hydrogen-bond acceptors (Lipinski definition) is 2. The Hall–Kier alpha value is -1.06. The van der Waals surface area contributed by atoms with Gasteiger partial charge in [-0.3, -0.25) is 0 Å². The van der Waals surface area contributed by atoms with E-state index in [0.717, 1.165) is 19.1 Å². The lowest BCUT2D eigenvalue weighted by molar-refractivity contribution is -0.108. The smallest absolute Gasteiger partial charge is 0.407 e. The summed E-state index contributed by atoms with van der Waals surface area (Å²) < 4.78 is 0. The van der Waals surface area contributed by atoms with Gasteiger partial charge in [-0.05, 0) is 12.3 Å². The van der Waals surface area contributed by atoms with Crippen molar-refractivity contribution in [1.29, 1.82) is 0 Å². The molecule has 88 valence electrons. The number of aldehydes is 1. The van der Waals surface area contributed by atoms with Crippen LogP contribution in [0.5, 0.6) is 0 Å². The second-order valence-corrected chi connectivity index (χ2v) is 3.72. The minimum absolute atomic E-state index is 0.428. The number of rotatable bonds is 8. The summed E-state index contributed by atoms with van der Waals surface area (Å²) in [5, 5.41) is 8.95. The number of amides is 1. The van der Waals surface area contributed by atoms with Crippen molar-refractivity contribution in [2.45, 2.75) is 39.5 Å². The number of carbonyl (C=O) groups is 2. The third kappa shape index (κ3) is 6.10.